The maximum Gasteiger partial charge on any atom is 0.406 e. The summed E-state index contributed by atoms with van der Waals surface area (Å²) in [4.78, 5) is 29.3. The molecule has 0 radical (unpaired) electrons. The van der Waals surface area contributed by atoms with Crippen molar-refractivity contribution in [2.75, 3.05) is 59.0 Å². The number of benzene rings is 10. The number of nitrogen functional groups attached to an aromatic ring is 2. The van der Waals surface area contributed by atoms with Gasteiger partial charge in [0.15, 0.2) is 0 Å². The Balaban J connectivity index is 0.000000169. The first-order valence-electron chi connectivity index (χ1n) is 43.0. The molecule has 128 heavy (non-hydrogen) atoms. The van der Waals surface area contributed by atoms with Crippen molar-refractivity contribution in [3.8, 4) is 34.4 Å². The number of aromatic hydroxyl groups is 1. The highest BCUT2D eigenvalue weighted by molar-refractivity contribution is 6.53. The van der Waals surface area contributed by atoms with Crippen LogP contribution in [0.4, 0.5) is 39.2 Å². The number of hydrogen-bond acceptors (Lipinski definition) is 18. The summed E-state index contributed by atoms with van der Waals surface area (Å²) in [6.45, 7) is 22.4. The molecule has 0 aliphatic heterocycles. The average molecular weight is 1740 g/mol. The Morgan fingerprint density at radius 3 is 1.14 bits per heavy atom. The lowest BCUT2D eigenvalue weighted by molar-refractivity contribution is 0.262. The van der Waals surface area contributed by atoms with Crippen LogP contribution in [0.2, 0.25) is 13.6 Å². The van der Waals surface area contributed by atoms with Gasteiger partial charge in [-0.1, -0.05) is 174 Å². The molecule has 0 aliphatic carbocycles. The molecule has 0 atom stereocenters. The number of aromatic nitrogens is 8. The second kappa shape index (κ2) is 48.1. The predicted molar refractivity (Wildman–Crippen MR) is 529 cm³/mol. The Hall–Kier alpha value is -13.8. The van der Waals surface area contributed by atoms with Crippen molar-refractivity contribution in [1.29, 1.82) is 0 Å². The molecular weight excluding hydrogens is 1620 g/mol. The predicted octanol–water partition coefficient (Wildman–Crippen LogP) is 21.8. The first-order valence-corrected chi connectivity index (χ1v) is 43.0. The van der Waals surface area contributed by atoms with Gasteiger partial charge in [0.2, 0.25) is 0 Å². The number of nitrogens with one attached hydrogen (secondary N) is 4. The molecule has 16 rings (SSSR count). The number of aryl methyl sites for hydroxylation is 6. The molecular formula is C103H117B2ClN14O8. The summed E-state index contributed by atoms with van der Waals surface area (Å²) in [6.07, 6.45) is 21.9. The number of phenolic OH excluding ortho intramolecular Hbond substituents is 1. The Bertz CT molecular complexity index is 6110. The van der Waals surface area contributed by atoms with Crippen molar-refractivity contribution in [1.82, 2.24) is 39.5 Å². The number of hydrogen-bond donors (Lipinski definition) is 10. The Morgan fingerprint density at radius 2 is 0.734 bits per heavy atom. The van der Waals surface area contributed by atoms with E-state index in [0.29, 0.717) is 37.1 Å². The number of nitrogens with zero attached hydrogens (tertiary/aromatic N) is 8. The number of aliphatic hydroxyl groups excluding tert-OH is 1. The monoisotopic (exact) mass is 1730 g/mol. The zero-order valence-electron chi connectivity index (χ0n) is 74.6. The summed E-state index contributed by atoms with van der Waals surface area (Å²) >= 11 is 0. The quantitative estimate of drug-likeness (QED) is 0.0104. The van der Waals surface area contributed by atoms with Gasteiger partial charge in [-0.25, -0.2) is 14.2 Å². The molecule has 6 aromatic heterocycles. The SMILES string of the molecule is CB(O)Nc1ccc(O)c2ccccc12.CB(O)Nc1ccc(OCCCc2ccncc2)c2ccccc12.Cc1ccc(-n2nc(C(C)(C)C)cc2N)cc1.Cc1ccc(-n2nc(C(C)(C)C)cc2NC(=O)Nc2ccc(OCCCc3ccncc3)c3ccccc23)cc1.Cl.Nc1ccc(OCCCc2ccncc2)c2ccccc12.OCCCc1ccncc1. The highest BCUT2D eigenvalue weighted by atomic mass is 35.5. The third-order valence-corrected chi connectivity index (χ3v) is 20.6. The molecule has 0 aliphatic rings. The molecule has 0 unspecified atom stereocenters. The Labute approximate surface area is 758 Å². The van der Waals surface area contributed by atoms with E-state index in [1.54, 1.807) is 47.5 Å². The van der Waals surface area contributed by atoms with Crippen LogP contribution >= 0.6 is 12.4 Å². The van der Waals surface area contributed by atoms with E-state index < -0.39 is 14.1 Å². The van der Waals surface area contributed by atoms with Gasteiger partial charge in [-0.15, -0.1) is 12.4 Å². The lowest BCUT2D eigenvalue weighted by atomic mass is 9.87. The lowest BCUT2D eigenvalue weighted by Crippen LogP contribution is -2.21. The molecule has 12 N–H and O–H groups in total. The normalized spacial score (nSPS) is 10.8. The second-order valence-corrected chi connectivity index (χ2v) is 32.9. The number of aliphatic hydroxyl groups is 1. The minimum absolute atomic E-state index is 0. The Morgan fingerprint density at radius 1 is 0.398 bits per heavy atom. The molecule has 16 aromatic rings. The second-order valence-electron chi connectivity index (χ2n) is 32.9. The molecule has 660 valence electrons. The summed E-state index contributed by atoms with van der Waals surface area (Å²) in [5.41, 5.74) is 26.3. The van der Waals surface area contributed by atoms with Crippen LogP contribution in [0, 0.1) is 13.8 Å². The average Bonchev–Trinajstić information content (AvgIpc) is 1.75. The number of amides is 2. The highest BCUT2D eigenvalue weighted by Crippen LogP contribution is 2.37. The maximum atomic E-state index is 13.3. The summed E-state index contributed by atoms with van der Waals surface area (Å²) in [6, 6.07) is 82.4. The van der Waals surface area contributed by atoms with Gasteiger partial charge >= 0.3 is 20.1 Å². The number of carbonyl (C=O) groups is 1. The highest BCUT2D eigenvalue weighted by Gasteiger charge is 2.24. The summed E-state index contributed by atoms with van der Waals surface area (Å²) in [5, 5.41) is 66.1. The fourth-order valence-corrected chi connectivity index (χ4v) is 13.8. The van der Waals surface area contributed by atoms with Gasteiger partial charge in [0.1, 0.15) is 34.6 Å². The number of pyridine rings is 4. The van der Waals surface area contributed by atoms with E-state index in [0.717, 1.165) is 157 Å². The van der Waals surface area contributed by atoms with Gasteiger partial charge in [-0.3, -0.25) is 25.3 Å². The minimum atomic E-state index is -0.613. The number of halogens is 1. The van der Waals surface area contributed by atoms with Gasteiger partial charge in [0.25, 0.3) is 0 Å². The molecule has 0 saturated carbocycles. The molecule has 25 heteroatoms. The van der Waals surface area contributed by atoms with E-state index in [4.69, 9.17) is 35.9 Å². The third kappa shape index (κ3) is 28.9. The Kier molecular flexibility index (Phi) is 36.2. The number of nitrogens with two attached hydrogens (primary N) is 2. The van der Waals surface area contributed by atoms with Crippen molar-refractivity contribution in [3.05, 3.63) is 349 Å². The first-order chi connectivity index (χ1) is 61.3. The van der Waals surface area contributed by atoms with Crippen LogP contribution in [-0.2, 0) is 36.5 Å². The molecule has 22 nitrogen and oxygen atoms in total. The van der Waals surface area contributed by atoms with E-state index in [1.807, 2.05) is 275 Å². The number of urea groups is 1. The summed E-state index contributed by atoms with van der Waals surface area (Å²) in [7, 11) is -1.21. The number of carbonyl (C=O) groups excluding carboxylic acids is 1. The minimum Gasteiger partial charge on any atom is -0.507 e. The molecule has 0 spiro atoms. The standard InChI is InChI=1S/C33H35N5O2.C19H21BN2O2.C18H18N2O.C14H19N3.C11H12BNO2.C8H11NO.ClH/c1-23-11-13-25(14-12-23)38-31(22-30(37-38)33(2,3)4)36-32(39)35-28-15-16-29(27-10-6-5-9-26(27)28)40-21-7-8-24-17-19-34-20-18-24;1-20(23)22-18-8-9-19(17-7-3-2-6-16(17)18)24-14-4-5-15-10-12-21-13-11-15;19-17-7-8-18(16-6-2-1-5-15(16)17)21-13-3-4-14-9-11-20-12-10-14;1-10-5-7-11(8-6-10)17-13(15)9-12(16-17)14(2,3)4;1-12(15)13-10-6-7-11(14)9-5-3-2-4-8(9)10;10-7-1-2-8-3-5-9-6-4-8;/h5-6,9-20,22H,7-8,21H2,1-4H3,(H2,35,36,39);2-3,6-13,22-23H,4-5,14H2,1H3;1-2,5-12H,3-4,13,19H2;5-9H,15H2,1-4H3;2-7,13-15H,1H3;3-6,10H,1-2,7H2;1H. The van der Waals surface area contributed by atoms with E-state index in [1.165, 1.54) is 27.8 Å². The van der Waals surface area contributed by atoms with Crippen molar-refractivity contribution in [2.24, 2.45) is 0 Å². The molecule has 10 aromatic carbocycles. The largest absolute Gasteiger partial charge is 0.507 e. The molecule has 0 saturated heterocycles. The van der Waals surface area contributed by atoms with Crippen LogP contribution in [0.1, 0.15) is 112 Å². The smallest absolute Gasteiger partial charge is 0.406 e. The molecule has 0 fully saturated rings. The molecule has 6 heterocycles. The van der Waals surface area contributed by atoms with Crippen molar-refractivity contribution >= 4 is 110 Å². The van der Waals surface area contributed by atoms with E-state index in [2.05, 4.69) is 107 Å². The van der Waals surface area contributed by atoms with E-state index in [9.17, 15) is 19.9 Å². The van der Waals surface area contributed by atoms with E-state index in [-0.39, 0.29) is 41.6 Å². The number of phenols is 1. The van der Waals surface area contributed by atoms with Crippen LogP contribution in [-0.4, -0.2) is 106 Å². The number of anilines is 6. The van der Waals surface area contributed by atoms with Crippen LogP contribution in [0.3, 0.4) is 0 Å². The zero-order valence-corrected chi connectivity index (χ0v) is 75.4. The third-order valence-electron chi connectivity index (χ3n) is 20.6. The van der Waals surface area contributed by atoms with Gasteiger partial charge in [0, 0.05) is 139 Å². The number of ether oxygens (including phenoxy) is 3. The fraction of sp³-hybridized carbons (Fsp3) is 0.233. The fourth-order valence-electron chi connectivity index (χ4n) is 13.8. The topological polar surface area (TPSA) is 313 Å². The molecule has 2 amide bonds. The molecule has 0 bridgehead atoms. The van der Waals surface area contributed by atoms with Gasteiger partial charge in [-0.05, 0) is 222 Å². The van der Waals surface area contributed by atoms with Gasteiger partial charge in [-0.2, -0.15) is 10.2 Å². The van der Waals surface area contributed by atoms with Crippen LogP contribution in [0.15, 0.2) is 304 Å². The summed E-state index contributed by atoms with van der Waals surface area (Å²) < 4.78 is 21.6. The van der Waals surface area contributed by atoms with Crippen molar-refractivity contribution < 1.29 is 39.3 Å². The van der Waals surface area contributed by atoms with Crippen LogP contribution in [0.5, 0.6) is 23.0 Å². The van der Waals surface area contributed by atoms with Crippen LogP contribution < -0.4 is 46.8 Å². The summed E-state index contributed by atoms with van der Waals surface area (Å²) in [5.74, 6) is 4.10. The number of fused-ring (bicyclic) bond motifs is 4. The van der Waals surface area contributed by atoms with Gasteiger partial charge < -0.3 is 61.7 Å². The van der Waals surface area contributed by atoms with E-state index >= 15 is 0 Å². The number of rotatable bonds is 26. The van der Waals surface area contributed by atoms with Crippen molar-refractivity contribution in [3.63, 3.8) is 0 Å². The van der Waals surface area contributed by atoms with Crippen LogP contribution in [0.25, 0.3) is 54.5 Å². The zero-order chi connectivity index (χ0) is 90.1. The van der Waals surface area contributed by atoms with Crippen molar-refractivity contribution in [2.45, 2.75) is 131 Å². The van der Waals surface area contributed by atoms with Gasteiger partial charge in [0.05, 0.1) is 48.3 Å². The lowest BCUT2D eigenvalue weighted by Gasteiger charge is -2.14. The maximum absolute atomic E-state index is 13.3. The first kappa shape index (κ1) is 96.4.